The molecule has 0 atom stereocenters. The SMILES string of the molecule is CCc1cc(C)c(CC)c(COCC(OC)OC)c1. The second kappa shape index (κ2) is 8.31. The summed E-state index contributed by atoms with van der Waals surface area (Å²) < 4.78 is 15.9. The van der Waals surface area contributed by atoms with Gasteiger partial charge in [0.15, 0.2) is 6.29 Å². The Balaban J connectivity index is 2.73. The van der Waals surface area contributed by atoms with Gasteiger partial charge in [0, 0.05) is 14.2 Å². The van der Waals surface area contributed by atoms with Crippen LogP contribution in [-0.2, 0) is 33.7 Å². The number of aryl methyl sites for hydroxylation is 2. The van der Waals surface area contributed by atoms with Gasteiger partial charge < -0.3 is 14.2 Å². The van der Waals surface area contributed by atoms with Crippen LogP contribution in [0.3, 0.4) is 0 Å². The fourth-order valence-corrected chi connectivity index (χ4v) is 2.31. The van der Waals surface area contributed by atoms with Gasteiger partial charge in [-0.15, -0.1) is 0 Å². The van der Waals surface area contributed by atoms with Gasteiger partial charge in [-0.1, -0.05) is 26.0 Å². The van der Waals surface area contributed by atoms with E-state index in [0.717, 1.165) is 12.8 Å². The van der Waals surface area contributed by atoms with Gasteiger partial charge in [0.1, 0.15) is 0 Å². The summed E-state index contributed by atoms with van der Waals surface area (Å²) in [6.45, 7) is 7.60. The minimum Gasteiger partial charge on any atom is -0.371 e. The van der Waals surface area contributed by atoms with Crippen molar-refractivity contribution < 1.29 is 14.2 Å². The topological polar surface area (TPSA) is 27.7 Å². The van der Waals surface area contributed by atoms with E-state index in [9.17, 15) is 0 Å². The van der Waals surface area contributed by atoms with Crippen LogP contribution < -0.4 is 0 Å². The van der Waals surface area contributed by atoms with E-state index in [1.165, 1.54) is 22.3 Å². The quantitative estimate of drug-likeness (QED) is 0.676. The molecule has 1 aromatic carbocycles. The monoisotopic (exact) mass is 266 g/mol. The second-order valence-electron chi connectivity index (χ2n) is 4.67. The largest absolute Gasteiger partial charge is 0.371 e. The summed E-state index contributed by atoms with van der Waals surface area (Å²) >= 11 is 0. The number of hydrogen-bond donors (Lipinski definition) is 0. The van der Waals surface area contributed by atoms with E-state index >= 15 is 0 Å². The third-order valence-electron chi connectivity index (χ3n) is 3.42. The fourth-order valence-electron chi connectivity index (χ4n) is 2.31. The van der Waals surface area contributed by atoms with Crippen LogP contribution in [0.15, 0.2) is 12.1 Å². The molecule has 0 aliphatic carbocycles. The fraction of sp³-hybridized carbons (Fsp3) is 0.625. The van der Waals surface area contributed by atoms with Gasteiger partial charge in [-0.3, -0.25) is 0 Å². The molecule has 0 spiro atoms. The zero-order valence-corrected chi connectivity index (χ0v) is 12.8. The molecule has 0 saturated heterocycles. The molecule has 0 aliphatic rings. The Hall–Kier alpha value is -0.900. The van der Waals surface area contributed by atoms with Gasteiger partial charge in [0.05, 0.1) is 13.2 Å². The average Bonchev–Trinajstić information content (AvgIpc) is 2.43. The zero-order valence-electron chi connectivity index (χ0n) is 12.8. The van der Waals surface area contributed by atoms with Crippen molar-refractivity contribution in [3.05, 3.63) is 34.4 Å². The van der Waals surface area contributed by atoms with E-state index in [1.807, 2.05) is 0 Å². The molecule has 108 valence electrons. The van der Waals surface area contributed by atoms with Crippen LogP contribution in [0.25, 0.3) is 0 Å². The van der Waals surface area contributed by atoms with Crippen molar-refractivity contribution in [2.24, 2.45) is 0 Å². The highest BCUT2D eigenvalue weighted by atomic mass is 16.7. The first-order valence-electron chi connectivity index (χ1n) is 6.90. The summed E-state index contributed by atoms with van der Waals surface area (Å²) in [7, 11) is 3.24. The van der Waals surface area contributed by atoms with E-state index in [4.69, 9.17) is 14.2 Å². The Labute approximate surface area is 116 Å². The molecule has 1 rings (SSSR count). The molecule has 19 heavy (non-hydrogen) atoms. The molecule has 0 radical (unpaired) electrons. The van der Waals surface area contributed by atoms with Crippen LogP contribution >= 0.6 is 0 Å². The Morgan fingerprint density at radius 3 is 2.26 bits per heavy atom. The van der Waals surface area contributed by atoms with Crippen molar-refractivity contribution in [1.82, 2.24) is 0 Å². The van der Waals surface area contributed by atoms with Crippen molar-refractivity contribution in [3.8, 4) is 0 Å². The van der Waals surface area contributed by atoms with Crippen LogP contribution in [-0.4, -0.2) is 27.1 Å². The molecule has 0 fully saturated rings. The first kappa shape index (κ1) is 16.2. The summed E-state index contributed by atoms with van der Waals surface area (Å²) in [5.74, 6) is 0. The standard InChI is InChI=1S/C16H26O3/c1-6-13-8-12(3)15(7-2)14(9-13)10-19-11-16(17-4)18-5/h8-9,16H,6-7,10-11H2,1-5H3. The highest BCUT2D eigenvalue weighted by Crippen LogP contribution is 2.19. The van der Waals surface area contributed by atoms with Gasteiger partial charge >= 0.3 is 0 Å². The van der Waals surface area contributed by atoms with E-state index in [0.29, 0.717) is 13.2 Å². The molecule has 0 aliphatic heterocycles. The van der Waals surface area contributed by atoms with Gasteiger partial charge in [0.25, 0.3) is 0 Å². The third kappa shape index (κ3) is 4.60. The first-order chi connectivity index (χ1) is 9.15. The summed E-state index contributed by atoms with van der Waals surface area (Å²) in [6, 6.07) is 4.52. The van der Waals surface area contributed by atoms with E-state index < -0.39 is 0 Å². The van der Waals surface area contributed by atoms with E-state index in [2.05, 4.69) is 32.9 Å². The Bertz CT molecular complexity index is 384. The molecule has 0 unspecified atom stereocenters. The van der Waals surface area contributed by atoms with Crippen LogP contribution in [0.5, 0.6) is 0 Å². The van der Waals surface area contributed by atoms with E-state index in [1.54, 1.807) is 14.2 Å². The van der Waals surface area contributed by atoms with Crippen LogP contribution in [0.4, 0.5) is 0 Å². The second-order valence-corrected chi connectivity index (χ2v) is 4.67. The lowest BCUT2D eigenvalue weighted by atomic mass is 9.96. The van der Waals surface area contributed by atoms with Gasteiger partial charge in [0.2, 0.25) is 0 Å². The maximum atomic E-state index is 5.71. The molecule has 0 saturated carbocycles. The van der Waals surface area contributed by atoms with Crippen LogP contribution in [0, 0.1) is 6.92 Å². The van der Waals surface area contributed by atoms with Crippen LogP contribution in [0.2, 0.25) is 0 Å². The van der Waals surface area contributed by atoms with Crippen molar-refractivity contribution in [2.45, 2.75) is 46.5 Å². The number of benzene rings is 1. The summed E-state index contributed by atoms with van der Waals surface area (Å²) in [5, 5.41) is 0. The van der Waals surface area contributed by atoms with Gasteiger partial charge in [-0.2, -0.15) is 0 Å². The average molecular weight is 266 g/mol. The summed E-state index contributed by atoms with van der Waals surface area (Å²) in [5.41, 5.74) is 5.40. The van der Waals surface area contributed by atoms with Crippen molar-refractivity contribution in [3.63, 3.8) is 0 Å². The minimum atomic E-state index is -0.291. The van der Waals surface area contributed by atoms with Crippen molar-refractivity contribution in [2.75, 3.05) is 20.8 Å². The number of hydrogen-bond acceptors (Lipinski definition) is 3. The lowest BCUT2D eigenvalue weighted by Crippen LogP contribution is -2.20. The Morgan fingerprint density at radius 2 is 1.74 bits per heavy atom. The maximum absolute atomic E-state index is 5.71. The number of rotatable bonds is 8. The molecule has 0 amide bonds. The predicted octanol–water partition coefficient (Wildman–Crippen LogP) is 3.26. The maximum Gasteiger partial charge on any atom is 0.180 e. The summed E-state index contributed by atoms with van der Waals surface area (Å²) in [6.07, 6.45) is 1.80. The molecule has 0 heterocycles. The predicted molar refractivity (Wildman–Crippen MR) is 77.4 cm³/mol. The van der Waals surface area contributed by atoms with Gasteiger partial charge in [-0.05, 0) is 42.0 Å². The lowest BCUT2D eigenvalue weighted by molar-refractivity contribution is -0.142. The highest BCUT2D eigenvalue weighted by Gasteiger charge is 2.09. The Kier molecular flexibility index (Phi) is 7.06. The van der Waals surface area contributed by atoms with Crippen molar-refractivity contribution in [1.29, 1.82) is 0 Å². The molecule has 0 bridgehead atoms. The van der Waals surface area contributed by atoms with E-state index in [-0.39, 0.29) is 6.29 Å². The first-order valence-corrected chi connectivity index (χ1v) is 6.90. The minimum absolute atomic E-state index is 0.291. The zero-order chi connectivity index (χ0) is 14.3. The van der Waals surface area contributed by atoms with Gasteiger partial charge in [-0.25, -0.2) is 0 Å². The van der Waals surface area contributed by atoms with Crippen molar-refractivity contribution >= 4 is 0 Å². The number of methoxy groups -OCH3 is 2. The normalized spacial score (nSPS) is 11.3. The molecular formula is C16H26O3. The third-order valence-corrected chi connectivity index (χ3v) is 3.42. The number of ether oxygens (including phenoxy) is 3. The Morgan fingerprint density at radius 1 is 1.05 bits per heavy atom. The molecule has 3 heteroatoms. The summed E-state index contributed by atoms with van der Waals surface area (Å²) in [4.78, 5) is 0. The van der Waals surface area contributed by atoms with Crippen LogP contribution in [0.1, 0.15) is 36.1 Å². The molecular weight excluding hydrogens is 240 g/mol. The molecule has 3 nitrogen and oxygen atoms in total. The lowest BCUT2D eigenvalue weighted by Gasteiger charge is -2.16. The highest BCUT2D eigenvalue weighted by molar-refractivity contribution is 5.38. The molecule has 1 aromatic rings. The molecule has 0 aromatic heterocycles. The smallest absolute Gasteiger partial charge is 0.180 e. The molecule has 0 N–H and O–H groups in total.